The normalized spacial score (nSPS) is 16.6. The van der Waals surface area contributed by atoms with E-state index in [1.165, 1.54) is 31.5 Å². The third-order valence-corrected chi connectivity index (χ3v) is 3.89. The van der Waals surface area contributed by atoms with E-state index in [4.69, 9.17) is 4.74 Å². The highest BCUT2D eigenvalue weighted by molar-refractivity contribution is 9.10. The molecule has 0 unspecified atom stereocenters. The number of nitrogens with zero attached hydrogens (tertiary/aromatic N) is 1. The summed E-state index contributed by atoms with van der Waals surface area (Å²) in [5, 5.41) is 0. The van der Waals surface area contributed by atoms with Gasteiger partial charge < -0.3 is 4.74 Å². The average Bonchev–Trinajstić information content (AvgIpc) is 2.76. The van der Waals surface area contributed by atoms with Gasteiger partial charge in [-0.05, 0) is 56.6 Å². The molecule has 16 heavy (non-hydrogen) atoms. The van der Waals surface area contributed by atoms with Crippen molar-refractivity contribution in [3.63, 3.8) is 0 Å². The highest BCUT2D eigenvalue weighted by Gasteiger charge is 2.10. The molecule has 1 aromatic rings. The Kier molecular flexibility index (Phi) is 4.24. The number of benzene rings is 1. The Morgan fingerprint density at radius 3 is 2.75 bits per heavy atom. The SMILES string of the molecule is Cc1cc(OCCN2CCCC2)ccc1Br. The molecule has 1 aromatic carbocycles. The van der Waals surface area contributed by atoms with Crippen molar-refractivity contribution < 1.29 is 4.74 Å². The number of rotatable bonds is 4. The van der Waals surface area contributed by atoms with Crippen LogP contribution in [0, 0.1) is 6.92 Å². The van der Waals surface area contributed by atoms with Gasteiger partial charge in [0.25, 0.3) is 0 Å². The Hall–Kier alpha value is -0.540. The van der Waals surface area contributed by atoms with Gasteiger partial charge in [0.1, 0.15) is 12.4 Å². The number of hydrogen-bond acceptors (Lipinski definition) is 2. The summed E-state index contributed by atoms with van der Waals surface area (Å²) in [4.78, 5) is 2.46. The van der Waals surface area contributed by atoms with E-state index in [1.54, 1.807) is 0 Å². The highest BCUT2D eigenvalue weighted by atomic mass is 79.9. The van der Waals surface area contributed by atoms with Crippen LogP contribution in [0.3, 0.4) is 0 Å². The van der Waals surface area contributed by atoms with E-state index in [0.29, 0.717) is 0 Å². The minimum absolute atomic E-state index is 0.793. The van der Waals surface area contributed by atoms with Crippen LogP contribution in [0.25, 0.3) is 0 Å². The summed E-state index contributed by atoms with van der Waals surface area (Å²) in [6.07, 6.45) is 2.69. The molecule has 1 heterocycles. The smallest absolute Gasteiger partial charge is 0.119 e. The standard InChI is InChI=1S/C13H18BrNO/c1-11-10-12(4-5-13(11)14)16-9-8-15-6-2-3-7-15/h4-5,10H,2-3,6-9H2,1H3. The molecule has 0 saturated carbocycles. The lowest BCUT2D eigenvalue weighted by molar-refractivity contribution is 0.237. The van der Waals surface area contributed by atoms with Crippen LogP contribution in [-0.2, 0) is 0 Å². The van der Waals surface area contributed by atoms with Crippen LogP contribution in [-0.4, -0.2) is 31.1 Å². The van der Waals surface area contributed by atoms with Crippen LogP contribution in [0.2, 0.25) is 0 Å². The molecule has 0 aliphatic carbocycles. The van der Waals surface area contributed by atoms with Gasteiger partial charge >= 0.3 is 0 Å². The second-order valence-corrected chi connectivity index (χ2v) is 5.16. The van der Waals surface area contributed by atoms with Gasteiger partial charge in [-0.15, -0.1) is 0 Å². The van der Waals surface area contributed by atoms with Crippen molar-refractivity contribution in [3.8, 4) is 5.75 Å². The maximum atomic E-state index is 5.74. The third kappa shape index (κ3) is 3.22. The van der Waals surface area contributed by atoms with Crippen molar-refractivity contribution in [2.45, 2.75) is 19.8 Å². The molecular weight excluding hydrogens is 266 g/mol. The second kappa shape index (κ2) is 5.69. The highest BCUT2D eigenvalue weighted by Crippen LogP contribution is 2.21. The van der Waals surface area contributed by atoms with E-state index >= 15 is 0 Å². The van der Waals surface area contributed by atoms with Crippen LogP contribution < -0.4 is 4.74 Å². The molecule has 1 saturated heterocycles. The van der Waals surface area contributed by atoms with E-state index in [1.807, 2.05) is 12.1 Å². The largest absolute Gasteiger partial charge is 0.492 e. The fourth-order valence-corrected chi connectivity index (χ4v) is 2.25. The predicted octanol–water partition coefficient (Wildman–Crippen LogP) is 3.23. The molecule has 1 aliphatic rings. The fourth-order valence-electron chi connectivity index (χ4n) is 2.01. The molecule has 0 spiro atoms. The van der Waals surface area contributed by atoms with E-state index in [9.17, 15) is 0 Å². The molecule has 3 heteroatoms. The number of halogens is 1. The van der Waals surface area contributed by atoms with Crippen molar-refractivity contribution in [1.29, 1.82) is 0 Å². The van der Waals surface area contributed by atoms with Gasteiger partial charge in [0, 0.05) is 11.0 Å². The summed E-state index contributed by atoms with van der Waals surface area (Å²) in [6, 6.07) is 6.13. The molecule has 1 fully saturated rings. The molecule has 0 amide bonds. The van der Waals surface area contributed by atoms with Crippen molar-refractivity contribution in [3.05, 3.63) is 28.2 Å². The van der Waals surface area contributed by atoms with Crippen LogP contribution in [0.15, 0.2) is 22.7 Å². The van der Waals surface area contributed by atoms with E-state index in [-0.39, 0.29) is 0 Å². The first-order valence-electron chi connectivity index (χ1n) is 5.87. The monoisotopic (exact) mass is 283 g/mol. The van der Waals surface area contributed by atoms with Crippen molar-refractivity contribution in [1.82, 2.24) is 4.90 Å². The quantitative estimate of drug-likeness (QED) is 0.841. The molecule has 0 bridgehead atoms. The van der Waals surface area contributed by atoms with E-state index < -0.39 is 0 Å². The summed E-state index contributed by atoms with van der Waals surface area (Å²) in [7, 11) is 0. The Morgan fingerprint density at radius 1 is 1.31 bits per heavy atom. The molecule has 0 radical (unpaired) electrons. The lowest BCUT2D eigenvalue weighted by Crippen LogP contribution is -2.25. The van der Waals surface area contributed by atoms with Gasteiger partial charge in [0.15, 0.2) is 0 Å². The zero-order valence-electron chi connectivity index (χ0n) is 9.71. The topological polar surface area (TPSA) is 12.5 Å². The summed E-state index contributed by atoms with van der Waals surface area (Å²) in [5.41, 5.74) is 1.22. The van der Waals surface area contributed by atoms with E-state index in [2.05, 4.69) is 33.8 Å². The number of ether oxygens (including phenoxy) is 1. The van der Waals surface area contributed by atoms with Crippen molar-refractivity contribution in [2.75, 3.05) is 26.2 Å². The first kappa shape index (κ1) is 11.9. The minimum atomic E-state index is 0.793. The van der Waals surface area contributed by atoms with Gasteiger partial charge in [-0.2, -0.15) is 0 Å². The third-order valence-electron chi connectivity index (χ3n) is 3.00. The summed E-state index contributed by atoms with van der Waals surface area (Å²) < 4.78 is 6.88. The van der Waals surface area contributed by atoms with Crippen molar-refractivity contribution in [2.24, 2.45) is 0 Å². The predicted molar refractivity (Wildman–Crippen MR) is 70.0 cm³/mol. The lowest BCUT2D eigenvalue weighted by atomic mass is 10.2. The molecular formula is C13H18BrNO. The van der Waals surface area contributed by atoms with Crippen molar-refractivity contribution >= 4 is 15.9 Å². The Morgan fingerprint density at radius 2 is 2.06 bits per heavy atom. The second-order valence-electron chi connectivity index (χ2n) is 4.31. The van der Waals surface area contributed by atoms with Gasteiger partial charge in [0.05, 0.1) is 0 Å². The molecule has 0 aromatic heterocycles. The van der Waals surface area contributed by atoms with Gasteiger partial charge in [-0.3, -0.25) is 4.90 Å². The molecule has 2 nitrogen and oxygen atoms in total. The number of likely N-dealkylation sites (tertiary alicyclic amines) is 1. The van der Waals surface area contributed by atoms with Crippen LogP contribution in [0.4, 0.5) is 0 Å². The molecule has 0 atom stereocenters. The summed E-state index contributed by atoms with van der Waals surface area (Å²) >= 11 is 3.49. The molecule has 88 valence electrons. The van der Waals surface area contributed by atoms with Crippen LogP contribution in [0.5, 0.6) is 5.75 Å². The molecule has 2 rings (SSSR count). The maximum absolute atomic E-state index is 5.74. The lowest BCUT2D eigenvalue weighted by Gasteiger charge is -2.15. The number of hydrogen-bond donors (Lipinski definition) is 0. The van der Waals surface area contributed by atoms with Gasteiger partial charge in [-0.1, -0.05) is 15.9 Å². The van der Waals surface area contributed by atoms with Crippen LogP contribution >= 0.6 is 15.9 Å². The molecule has 0 N–H and O–H groups in total. The Balaban J connectivity index is 1.78. The van der Waals surface area contributed by atoms with E-state index in [0.717, 1.165) is 23.4 Å². The molecule has 1 aliphatic heterocycles. The minimum Gasteiger partial charge on any atom is -0.492 e. The summed E-state index contributed by atoms with van der Waals surface area (Å²) in [6.45, 7) is 6.40. The average molecular weight is 284 g/mol. The Labute approximate surface area is 106 Å². The fraction of sp³-hybridized carbons (Fsp3) is 0.538. The van der Waals surface area contributed by atoms with Crippen LogP contribution in [0.1, 0.15) is 18.4 Å². The zero-order chi connectivity index (χ0) is 11.4. The van der Waals surface area contributed by atoms with Gasteiger partial charge in [-0.25, -0.2) is 0 Å². The zero-order valence-corrected chi connectivity index (χ0v) is 11.3. The first-order chi connectivity index (χ1) is 7.75. The Bertz CT molecular complexity index is 348. The first-order valence-corrected chi connectivity index (χ1v) is 6.66. The maximum Gasteiger partial charge on any atom is 0.119 e. The summed E-state index contributed by atoms with van der Waals surface area (Å²) in [5.74, 6) is 0.972. The van der Waals surface area contributed by atoms with Gasteiger partial charge in [0.2, 0.25) is 0 Å². The number of aryl methyl sites for hydroxylation is 1.